The molecular weight excluding hydrogens is 1100 g/mol. The van der Waals surface area contributed by atoms with Crippen LogP contribution in [0.2, 0.25) is 0 Å². The molecule has 0 saturated carbocycles. The van der Waals surface area contributed by atoms with Crippen molar-refractivity contribution < 1.29 is 75.8 Å². The van der Waals surface area contributed by atoms with Gasteiger partial charge in [-0.3, -0.25) is 32.5 Å². The average Bonchev–Trinajstić information content (AvgIpc) is 3.47. The van der Waals surface area contributed by atoms with Gasteiger partial charge in [0.1, 0.15) is 25.4 Å². The fourth-order valence-electron chi connectivity index (χ4n) is 8.02. The number of aliphatic hydroxyl groups is 2. The largest absolute Gasteiger partial charge is 0.472 e. The Morgan fingerprint density at radius 1 is 0.349 bits per heavy atom. The van der Waals surface area contributed by atoms with Crippen LogP contribution in [0.3, 0.4) is 0 Å². The van der Waals surface area contributed by atoms with Gasteiger partial charge >= 0.3 is 33.6 Å². The lowest BCUT2D eigenvalue weighted by molar-refractivity contribution is -0.161. The number of hydrogen-bond donors (Lipinski definition) is 4. The molecule has 0 aromatic rings. The molecule has 478 valence electrons. The van der Waals surface area contributed by atoms with Gasteiger partial charge in [0, 0.05) is 19.3 Å². The van der Waals surface area contributed by atoms with Crippen LogP contribution in [-0.2, 0) is 55.8 Å². The summed E-state index contributed by atoms with van der Waals surface area (Å²) in [6.07, 6.45) is 61.9. The maximum Gasteiger partial charge on any atom is 0.472 e. The molecule has 0 aromatic heterocycles. The van der Waals surface area contributed by atoms with Crippen LogP contribution in [0.4, 0.5) is 0 Å². The van der Waals surface area contributed by atoms with Crippen LogP contribution in [0.1, 0.15) is 239 Å². The van der Waals surface area contributed by atoms with Gasteiger partial charge in [0.2, 0.25) is 0 Å². The van der Waals surface area contributed by atoms with Crippen molar-refractivity contribution in [3.05, 3.63) is 97.2 Å². The van der Waals surface area contributed by atoms with Crippen molar-refractivity contribution in [2.45, 2.75) is 257 Å². The van der Waals surface area contributed by atoms with E-state index >= 15 is 0 Å². The van der Waals surface area contributed by atoms with E-state index in [2.05, 4.69) is 118 Å². The second-order valence-electron chi connectivity index (χ2n) is 20.8. The van der Waals surface area contributed by atoms with Crippen molar-refractivity contribution in [1.29, 1.82) is 0 Å². The highest BCUT2D eigenvalue weighted by molar-refractivity contribution is 7.47. The molecule has 0 rings (SSSR count). The predicted octanol–water partition coefficient (Wildman–Crippen LogP) is 16.7. The number of ether oxygens (including phenoxy) is 3. The van der Waals surface area contributed by atoms with Crippen LogP contribution >= 0.6 is 15.6 Å². The molecule has 0 saturated heterocycles. The molecule has 0 amide bonds. The molecule has 18 heteroatoms. The highest BCUT2D eigenvalue weighted by Gasteiger charge is 2.29. The molecular formula is C65H112O16P2. The van der Waals surface area contributed by atoms with Crippen molar-refractivity contribution in [3.63, 3.8) is 0 Å². The number of rotatable bonds is 59. The van der Waals surface area contributed by atoms with Gasteiger partial charge in [-0.15, -0.1) is 0 Å². The lowest BCUT2D eigenvalue weighted by atomic mass is 10.1. The van der Waals surface area contributed by atoms with Crippen LogP contribution in [-0.4, -0.2) is 95.9 Å². The number of hydrogen-bond acceptors (Lipinski definition) is 14. The standard InChI is InChI=1S/C65H112O16P2/c1-4-7-10-13-16-19-22-24-26-28-29-31-33-34-37-39-42-45-48-51-63(68)75-54-60(66)55-77-82(71,72)78-56-61(67)57-79-83(73,74)80-59-62(81-65(70)53-50-47-44-41-36-21-18-15-12-9-6-3)58-76-64(69)52-49-46-43-40-38-35-32-30-27-25-23-20-17-14-11-8-5-2/h7-8,10-11,16-17,19-20,24-27,29,31,34,37,60-62,66-67H,4-6,9,12-15,18,21-23,28,30,32-33,35-36,38-59H2,1-3H3,(H,71,72)(H,73,74)/b10-7-,11-8-,19-16-,20-17-,26-24-,27-25-,31-29-,37-34-. The smallest absolute Gasteiger partial charge is 0.463 e. The van der Waals surface area contributed by atoms with Crippen LogP contribution in [0.5, 0.6) is 0 Å². The normalized spacial score (nSPS) is 15.0. The highest BCUT2D eigenvalue weighted by Crippen LogP contribution is 2.45. The molecule has 5 atom stereocenters. The minimum Gasteiger partial charge on any atom is -0.463 e. The zero-order chi connectivity index (χ0) is 61.0. The molecule has 5 unspecified atom stereocenters. The third-order valence-electron chi connectivity index (χ3n) is 12.8. The number of carbonyl (C=O) groups is 3. The molecule has 0 radical (unpaired) electrons. The van der Waals surface area contributed by atoms with Crippen LogP contribution in [0.25, 0.3) is 0 Å². The first kappa shape index (κ1) is 79.5. The molecule has 0 fully saturated rings. The van der Waals surface area contributed by atoms with Gasteiger partial charge in [-0.25, -0.2) is 9.13 Å². The summed E-state index contributed by atoms with van der Waals surface area (Å²) in [5.74, 6) is -1.62. The summed E-state index contributed by atoms with van der Waals surface area (Å²) in [5.41, 5.74) is 0. The third kappa shape index (κ3) is 60.0. The minimum absolute atomic E-state index is 0.103. The van der Waals surface area contributed by atoms with Crippen molar-refractivity contribution in [2.24, 2.45) is 0 Å². The van der Waals surface area contributed by atoms with Crippen molar-refractivity contribution >= 4 is 33.6 Å². The Hall–Kier alpha value is -3.53. The first-order valence-electron chi connectivity index (χ1n) is 31.5. The Labute approximate surface area is 501 Å². The molecule has 16 nitrogen and oxygen atoms in total. The van der Waals surface area contributed by atoms with Crippen molar-refractivity contribution in [3.8, 4) is 0 Å². The van der Waals surface area contributed by atoms with E-state index in [0.29, 0.717) is 19.3 Å². The number of allylic oxidation sites excluding steroid dienone is 16. The molecule has 0 spiro atoms. The summed E-state index contributed by atoms with van der Waals surface area (Å²) in [5, 5.41) is 20.5. The first-order valence-corrected chi connectivity index (χ1v) is 34.5. The van der Waals surface area contributed by atoms with Gasteiger partial charge in [-0.2, -0.15) is 0 Å². The quantitative estimate of drug-likeness (QED) is 0.0146. The molecule has 0 aromatic carbocycles. The Morgan fingerprint density at radius 2 is 0.639 bits per heavy atom. The lowest BCUT2D eigenvalue weighted by Crippen LogP contribution is -2.30. The second kappa shape index (κ2) is 58.8. The molecule has 0 aliphatic rings. The molecule has 0 bridgehead atoms. The van der Waals surface area contributed by atoms with E-state index in [-0.39, 0.29) is 19.3 Å². The van der Waals surface area contributed by atoms with E-state index in [1.807, 2.05) is 0 Å². The molecule has 0 heterocycles. The third-order valence-corrected chi connectivity index (χ3v) is 14.7. The Balaban J connectivity index is 4.65. The Bertz CT molecular complexity index is 1910. The van der Waals surface area contributed by atoms with Gasteiger partial charge in [0.25, 0.3) is 0 Å². The van der Waals surface area contributed by atoms with Crippen LogP contribution in [0.15, 0.2) is 97.2 Å². The Kier molecular flexibility index (Phi) is 56.3. The fourth-order valence-corrected chi connectivity index (χ4v) is 9.61. The van der Waals surface area contributed by atoms with E-state index < -0.39 is 91.5 Å². The van der Waals surface area contributed by atoms with Gasteiger partial charge in [0.05, 0.1) is 26.4 Å². The summed E-state index contributed by atoms with van der Waals surface area (Å²) in [6.45, 7) is 2.37. The van der Waals surface area contributed by atoms with E-state index in [1.54, 1.807) is 0 Å². The zero-order valence-electron chi connectivity index (χ0n) is 51.3. The maximum absolute atomic E-state index is 12.8. The summed E-state index contributed by atoms with van der Waals surface area (Å²) in [4.78, 5) is 58.1. The number of unbranched alkanes of at least 4 members (excludes halogenated alkanes) is 20. The van der Waals surface area contributed by atoms with E-state index in [0.717, 1.165) is 141 Å². The van der Waals surface area contributed by atoms with Gasteiger partial charge in [-0.1, -0.05) is 221 Å². The lowest BCUT2D eigenvalue weighted by Gasteiger charge is -2.21. The molecule has 0 aliphatic carbocycles. The second-order valence-corrected chi connectivity index (χ2v) is 23.7. The molecule has 83 heavy (non-hydrogen) atoms. The van der Waals surface area contributed by atoms with E-state index in [1.165, 1.54) is 38.5 Å². The zero-order valence-corrected chi connectivity index (χ0v) is 53.1. The maximum atomic E-state index is 12.8. The van der Waals surface area contributed by atoms with Gasteiger partial charge in [-0.05, 0) is 96.3 Å². The average molecular weight is 1210 g/mol. The van der Waals surface area contributed by atoms with E-state index in [9.17, 15) is 43.5 Å². The van der Waals surface area contributed by atoms with Crippen molar-refractivity contribution in [1.82, 2.24) is 0 Å². The summed E-state index contributed by atoms with van der Waals surface area (Å²) < 4.78 is 60.6. The van der Waals surface area contributed by atoms with Crippen LogP contribution < -0.4 is 0 Å². The van der Waals surface area contributed by atoms with E-state index in [4.69, 9.17) is 32.3 Å². The van der Waals surface area contributed by atoms with Gasteiger partial charge < -0.3 is 34.2 Å². The summed E-state index contributed by atoms with van der Waals surface area (Å²) in [6, 6.07) is 0. The predicted molar refractivity (Wildman–Crippen MR) is 334 cm³/mol. The number of phosphoric acid groups is 2. The monoisotopic (exact) mass is 1210 g/mol. The first-order chi connectivity index (χ1) is 40.2. The number of carbonyl (C=O) groups excluding carboxylic acids is 3. The SMILES string of the molecule is CC/C=C\C/C=C\C/C=C\C/C=C\C/C=C\CCCCCC(=O)OCC(O)COP(=O)(O)OCC(O)COP(=O)(O)OCC(COC(=O)CCCCCCCCC/C=C\C/C=C\C/C=C\CC)OC(=O)CCCCCCCCCCCCC. The number of aliphatic hydroxyl groups excluding tert-OH is 2. The summed E-state index contributed by atoms with van der Waals surface area (Å²) >= 11 is 0. The Morgan fingerprint density at radius 3 is 1.02 bits per heavy atom. The topological polar surface area (TPSA) is 231 Å². The minimum atomic E-state index is -4.92. The molecule has 4 N–H and O–H groups in total. The number of phosphoric ester groups is 2. The number of esters is 3. The van der Waals surface area contributed by atoms with Gasteiger partial charge in [0.15, 0.2) is 6.10 Å². The molecule has 0 aliphatic heterocycles. The van der Waals surface area contributed by atoms with Crippen LogP contribution in [0, 0.1) is 0 Å². The fraction of sp³-hybridized carbons (Fsp3) is 0.708. The summed E-state index contributed by atoms with van der Waals surface area (Å²) in [7, 11) is -9.77. The van der Waals surface area contributed by atoms with Crippen molar-refractivity contribution in [2.75, 3.05) is 39.6 Å². The highest BCUT2D eigenvalue weighted by atomic mass is 31.2.